The molecular formula is C29H34Cl2N4O5. The fraction of sp³-hybridized carbons (Fsp3) is 0.517. The Labute approximate surface area is 244 Å². The van der Waals surface area contributed by atoms with E-state index in [1.54, 1.807) is 44.0 Å². The van der Waals surface area contributed by atoms with E-state index >= 15 is 0 Å². The number of amides is 1. The number of halogens is 2. The molecule has 2 fully saturated rings. The Morgan fingerprint density at radius 1 is 1.10 bits per heavy atom. The number of carbonyl (C=O) groups excluding carboxylic acids is 2. The minimum absolute atomic E-state index is 0.0253. The molecule has 214 valence electrons. The van der Waals surface area contributed by atoms with Gasteiger partial charge in [0.1, 0.15) is 17.8 Å². The number of nitrogens with zero attached hydrogens (tertiary/aromatic N) is 4. The van der Waals surface area contributed by atoms with Gasteiger partial charge in [-0.15, -0.1) is 5.06 Å². The minimum atomic E-state index is -0.741. The zero-order chi connectivity index (χ0) is 29.0. The van der Waals surface area contributed by atoms with Gasteiger partial charge in [0, 0.05) is 56.2 Å². The highest BCUT2D eigenvalue weighted by molar-refractivity contribution is 6.42. The first-order valence-electron chi connectivity index (χ1n) is 13.4. The molecule has 4 rings (SSSR count). The number of piperidine rings is 1. The third-order valence-corrected chi connectivity index (χ3v) is 7.96. The van der Waals surface area contributed by atoms with Crippen molar-refractivity contribution in [2.24, 2.45) is 11.8 Å². The lowest BCUT2D eigenvalue weighted by atomic mass is 9.86. The molecule has 0 bridgehead atoms. The molecule has 0 aliphatic carbocycles. The highest BCUT2D eigenvalue weighted by Crippen LogP contribution is 2.39. The number of nitriles is 1. The molecule has 0 N–H and O–H groups in total. The number of hydrogen-bond acceptors (Lipinski definition) is 8. The fourth-order valence-corrected chi connectivity index (χ4v) is 5.51. The van der Waals surface area contributed by atoms with E-state index in [0.717, 1.165) is 5.56 Å². The van der Waals surface area contributed by atoms with Gasteiger partial charge in [-0.3, -0.25) is 4.79 Å². The van der Waals surface area contributed by atoms with Crippen LogP contribution >= 0.6 is 23.2 Å². The van der Waals surface area contributed by atoms with Crippen molar-refractivity contribution in [1.82, 2.24) is 14.9 Å². The molecule has 40 heavy (non-hydrogen) atoms. The first kappa shape index (κ1) is 29.9. The average Bonchev–Trinajstić information content (AvgIpc) is 3.35. The molecule has 3 heterocycles. The van der Waals surface area contributed by atoms with Crippen LogP contribution in [-0.4, -0.2) is 64.9 Å². The van der Waals surface area contributed by atoms with Gasteiger partial charge in [-0.2, -0.15) is 5.26 Å². The molecule has 1 aromatic carbocycles. The molecule has 0 saturated carbocycles. The van der Waals surface area contributed by atoms with Crippen LogP contribution in [0.4, 0.5) is 4.79 Å². The van der Waals surface area contributed by atoms with Crippen molar-refractivity contribution in [2.75, 3.05) is 26.2 Å². The van der Waals surface area contributed by atoms with Crippen LogP contribution in [0.25, 0.3) is 0 Å². The smallest absolute Gasteiger partial charge is 0.474 e. The highest BCUT2D eigenvalue weighted by atomic mass is 35.5. The molecule has 2 saturated heterocycles. The van der Waals surface area contributed by atoms with E-state index in [0.29, 0.717) is 60.5 Å². The normalized spacial score (nSPS) is 21.0. The number of benzene rings is 1. The monoisotopic (exact) mass is 588 g/mol. The number of carbonyl (C=O) groups is 2. The van der Waals surface area contributed by atoms with Gasteiger partial charge in [0.2, 0.25) is 11.8 Å². The second-order valence-corrected chi connectivity index (χ2v) is 12.1. The number of hydrogen-bond donors (Lipinski definition) is 0. The van der Waals surface area contributed by atoms with Crippen LogP contribution in [0.3, 0.4) is 0 Å². The van der Waals surface area contributed by atoms with Crippen molar-refractivity contribution in [2.45, 2.75) is 58.2 Å². The summed E-state index contributed by atoms with van der Waals surface area (Å²) < 4.78 is 11.4. The Morgan fingerprint density at radius 3 is 2.42 bits per heavy atom. The Kier molecular flexibility index (Phi) is 9.44. The predicted octanol–water partition coefficient (Wildman–Crippen LogP) is 5.85. The minimum Gasteiger partial charge on any atom is -0.474 e. The van der Waals surface area contributed by atoms with Gasteiger partial charge in [-0.1, -0.05) is 29.3 Å². The molecule has 9 nitrogen and oxygen atoms in total. The van der Waals surface area contributed by atoms with Crippen molar-refractivity contribution in [3.05, 3.63) is 57.7 Å². The van der Waals surface area contributed by atoms with Crippen molar-refractivity contribution < 1.29 is 23.9 Å². The summed E-state index contributed by atoms with van der Waals surface area (Å²) in [6.07, 6.45) is 1.60. The summed E-state index contributed by atoms with van der Waals surface area (Å²) in [5, 5.41) is 11.5. The summed E-state index contributed by atoms with van der Waals surface area (Å²) in [4.78, 5) is 37.1. The zero-order valence-electron chi connectivity index (χ0n) is 23.1. The Balaban J connectivity index is 1.43. The SMILES string of the molecule is CC(Oc1ccc(C#N)cn1)C1CN(C(=O)C2CCN(OC(=O)OC(C)(C)C)CC2)CC1c1ccc(Cl)c(Cl)c1. The third kappa shape index (κ3) is 7.57. The summed E-state index contributed by atoms with van der Waals surface area (Å²) in [7, 11) is 0. The molecule has 2 aliphatic rings. The first-order valence-corrected chi connectivity index (χ1v) is 14.1. The fourth-order valence-electron chi connectivity index (χ4n) is 5.20. The molecule has 1 amide bonds. The van der Waals surface area contributed by atoms with Gasteiger partial charge in [0.25, 0.3) is 0 Å². The van der Waals surface area contributed by atoms with Crippen LogP contribution in [0.1, 0.15) is 57.6 Å². The second-order valence-electron chi connectivity index (χ2n) is 11.3. The van der Waals surface area contributed by atoms with Gasteiger partial charge in [0.05, 0.1) is 15.6 Å². The van der Waals surface area contributed by atoms with Crippen molar-refractivity contribution in [3.8, 4) is 11.9 Å². The Bertz CT molecular complexity index is 1250. The van der Waals surface area contributed by atoms with Crippen LogP contribution in [0.15, 0.2) is 36.5 Å². The van der Waals surface area contributed by atoms with Crippen LogP contribution in [-0.2, 0) is 14.4 Å². The zero-order valence-corrected chi connectivity index (χ0v) is 24.6. The Morgan fingerprint density at radius 2 is 1.82 bits per heavy atom. The standard InChI is InChI=1S/C29H34Cl2N4O5/c1-18(38-26-8-5-19(14-32)15-33-26)22-16-34(17-23(22)21-6-7-24(30)25(31)13-21)27(36)20-9-11-35(12-10-20)40-28(37)39-29(2,3)4/h5-8,13,15,18,20,22-23H,9-12,16-17H2,1-4H3. The highest BCUT2D eigenvalue weighted by Gasteiger charge is 2.42. The molecular weight excluding hydrogens is 555 g/mol. The summed E-state index contributed by atoms with van der Waals surface area (Å²) in [5.74, 6) is 0.259. The van der Waals surface area contributed by atoms with E-state index in [-0.39, 0.29) is 29.8 Å². The number of pyridine rings is 1. The topological polar surface area (TPSA) is 105 Å². The third-order valence-electron chi connectivity index (χ3n) is 7.22. The lowest BCUT2D eigenvalue weighted by molar-refractivity contribution is -0.161. The van der Waals surface area contributed by atoms with Crippen LogP contribution < -0.4 is 4.74 Å². The van der Waals surface area contributed by atoms with Gasteiger partial charge in [-0.05, 0) is 64.3 Å². The molecule has 3 atom stereocenters. The second kappa shape index (κ2) is 12.6. The van der Waals surface area contributed by atoms with Crippen molar-refractivity contribution in [1.29, 1.82) is 5.26 Å². The maximum Gasteiger partial charge on any atom is 0.528 e. The van der Waals surface area contributed by atoms with Gasteiger partial charge < -0.3 is 19.2 Å². The number of ether oxygens (including phenoxy) is 2. The average molecular weight is 590 g/mol. The molecule has 1 aromatic heterocycles. The van der Waals surface area contributed by atoms with E-state index in [9.17, 15) is 9.59 Å². The van der Waals surface area contributed by atoms with Crippen LogP contribution in [0.2, 0.25) is 10.0 Å². The lowest BCUT2D eigenvalue weighted by Crippen LogP contribution is -2.43. The number of aromatic nitrogens is 1. The quantitative estimate of drug-likeness (QED) is 0.387. The lowest BCUT2D eigenvalue weighted by Gasteiger charge is -2.32. The van der Waals surface area contributed by atoms with E-state index in [2.05, 4.69) is 11.1 Å². The van der Waals surface area contributed by atoms with E-state index in [1.807, 2.05) is 24.0 Å². The van der Waals surface area contributed by atoms with Crippen molar-refractivity contribution >= 4 is 35.3 Å². The predicted molar refractivity (Wildman–Crippen MR) is 150 cm³/mol. The number of hydroxylamine groups is 2. The first-order chi connectivity index (χ1) is 18.9. The number of rotatable bonds is 6. The van der Waals surface area contributed by atoms with E-state index in [1.165, 1.54) is 6.20 Å². The van der Waals surface area contributed by atoms with E-state index in [4.69, 9.17) is 42.8 Å². The maximum absolute atomic E-state index is 13.7. The van der Waals surface area contributed by atoms with Gasteiger partial charge >= 0.3 is 6.16 Å². The van der Waals surface area contributed by atoms with E-state index < -0.39 is 11.8 Å². The maximum atomic E-state index is 13.7. The Hall–Kier alpha value is -3.06. The number of likely N-dealkylation sites (tertiary alicyclic amines) is 1. The van der Waals surface area contributed by atoms with Crippen LogP contribution in [0, 0.1) is 23.2 Å². The van der Waals surface area contributed by atoms with Gasteiger partial charge in [0.15, 0.2) is 0 Å². The molecule has 0 spiro atoms. The molecule has 2 aromatic rings. The summed E-state index contributed by atoms with van der Waals surface area (Å²) in [6.45, 7) is 9.23. The van der Waals surface area contributed by atoms with Crippen LogP contribution in [0.5, 0.6) is 5.88 Å². The molecule has 0 radical (unpaired) electrons. The molecule has 3 unspecified atom stereocenters. The van der Waals surface area contributed by atoms with Crippen molar-refractivity contribution in [3.63, 3.8) is 0 Å². The molecule has 2 aliphatic heterocycles. The summed E-state index contributed by atoms with van der Waals surface area (Å²) >= 11 is 12.5. The van der Waals surface area contributed by atoms with Gasteiger partial charge in [-0.25, -0.2) is 9.78 Å². The summed E-state index contributed by atoms with van der Waals surface area (Å²) in [6, 6.07) is 11.0. The molecule has 11 heteroatoms. The largest absolute Gasteiger partial charge is 0.528 e. The summed E-state index contributed by atoms with van der Waals surface area (Å²) in [5.41, 5.74) is 0.798.